The smallest absolute Gasteiger partial charge is 0.0436 e. The molecule has 1 aliphatic rings. The van der Waals surface area contributed by atoms with E-state index in [-0.39, 0.29) is 30.3 Å². The maximum atomic E-state index is 2.49. The molecule has 0 atom stereocenters. The summed E-state index contributed by atoms with van der Waals surface area (Å²) in [5.41, 5.74) is 9.75. The molecule has 0 radical (unpaired) electrons. The minimum absolute atomic E-state index is 0. The van der Waals surface area contributed by atoms with E-state index in [2.05, 4.69) is 147 Å². The molecule has 0 amide bonds. The van der Waals surface area contributed by atoms with Gasteiger partial charge >= 0.3 is 41.6 Å². The molecule has 0 fully saturated rings. The molecule has 0 bridgehead atoms. The van der Waals surface area contributed by atoms with Crippen molar-refractivity contribution >= 4 is 63.2 Å². The topological polar surface area (TPSA) is 3.24 Å². The van der Waals surface area contributed by atoms with Gasteiger partial charge in [-0.2, -0.15) is 12.1 Å². The van der Waals surface area contributed by atoms with Gasteiger partial charge in [0.05, 0.1) is 0 Å². The summed E-state index contributed by atoms with van der Waals surface area (Å²) in [6.07, 6.45) is 2.43. The van der Waals surface area contributed by atoms with Crippen molar-refractivity contribution < 1.29 is 23.0 Å². The molecule has 0 saturated heterocycles. The van der Waals surface area contributed by atoms with E-state index < -0.39 is 0 Å². The van der Waals surface area contributed by atoms with Crippen LogP contribution in [-0.2, 0) is 29.4 Å². The van der Waals surface area contributed by atoms with E-state index >= 15 is 0 Å². The number of nitrogens with zero attached hydrogens (tertiary/aromatic N) is 1. The summed E-state index contributed by atoms with van der Waals surface area (Å²) in [6.45, 7) is 10.1. The summed E-state index contributed by atoms with van der Waals surface area (Å²) >= 11 is 1.45. The SMILES string of the molecule is C[Si](C)=[Hf+2].Cc1cc2c(-c3ccccc3)cccc2[cH-]1.Cc1cc2c(N3CCCc4ccccc43)cccc2[cH-]1.Cl.Cl. The number of fused-ring (bicyclic) bond motifs is 3. The van der Waals surface area contributed by atoms with Gasteiger partial charge in [0.15, 0.2) is 0 Å². The molecular formula is C37H39Cl2HfNSi. The Morgan fingerprint density at radius 3 is 1.90 bits per heavy atom. The molecule has 1 aliphatic heterocycles. The van der Waals surface area contributed by atoms with Crippen molar-refractivity contribution in [2.45, 2.75) is 39.8 Å². The van der Waals surface area contributed by atoms with E-state index in [0.29, 0.717) is 0 Å². The van der Waals surface area contributed by atoms with Gasteiger partial charge in [-0.1, -0.05) is 80.1 Å². The molecular weight excluding hydrogens is 736 g/mol. The van der Waals surface area contributed by atoms with Crippen LogP contribution in [0.4, 0.5) is 11.4 Å². The number of anilines is 2. The van der Waals surface area contributed by atoms with Crippen molar-refractivity contribution in [3.63, 3.8) is 0 Å². The van der Waals surface area contributed by atoms with Gasteiger partial charge in [-0.3, -0.25) is 0 Å². The Bertz CT molecular complexity index is 1750. The summed E-state index contributed by atoms with van der Waals surface area (Å²) in [7, 11) is 0. The van der Waals surface area contributed by atoms with Crippen molar-refractivity contribution in [1.29, 1.82) is 0 Å². The molecule has 6 aromatic rings. The number of benzene rings is 4. The second kappa shape index (κ2) is 15.9. The molecule has 7 rings (SSSR count). The molecule has 0 unspecified atom stereocenters. The van der Waals surface area contributed by atoms with Gasteiger partial charge in [0.25, 0.3) is 0 Å². The van der Waals surface area contributed by atoms with Crippen molar-refractivity contribution in [3.8, 4) is 11.1 Å². The van der Waals surface area contributed by atoms with Crippen LogP contribution in [0.25, 0.3) is 32.7 Å². The number of rotatable bonds is 2. The van der Waals surface area contributed by atoms with Gasteiger partial charge in [0, 0.05) is 12.2 Å². The van der Waals surface area contributed by atoms with Gasteiger partial charge in [0.2, 0.25) is 0 Å². The molecule has 0 aromatic heterocycles. The first-order valence-corrected chi connectivity index (χ1v) is 22.0. The second-order valence-electron chi connectivity index (χ2n) is 10.9. The Labute approximate surface area is 278 Å². The van der Waals surface area contributed by atoms with Crippen LogP contribution in [0.5, 0.6) is 0 Å². The van der Waals surface area contributed by atoms with Crippen LogP contribution in [0.2, 0.25) is 13.1 Å². The van der Waals surface area contributed by atoms with E-state index in [1.54, 1.807) is 0 Å². The van der Waals surface area contributed by atoms with E-state index in [1.165, 1.54) is 96.6 Å². The average molecular weight is 775 g/mol. The van der Waals surface area contributed by atoms with Crippen LogP contribution in [0.15, 0.2) is 115 Å². The Morgan fingerprint density at radius 1 is 0.667 bits per heavy atom. The van der Waals surface area contributed by atoms with Crippen molar-refractivity contribution in [2.75, 3.05) is 11.4 Å². The molecule has 42 heavy (non-hydrogen) atoms. The van der Waals surface area contributed by atoms with E-state index in [1.807, 2.05) is 0 Å². The fraction of sp³-hybridized carbons (Fsp3) is 0.189. The number of hydrogen-bond donors (Lipinski definition) is 0. The third-order valence-electron chi connectivity index (χ3n) is 7.25. The van der Waals surface area contributed by atoms with E-state index in [9.17, 15) is 0 Å². The van der Waals surface area contributed by atoms with Crippen molar-refractivity contribution in [3.05, 3.63) is 132 Å². The van der Waals surface area contributed by atoms with Crippen LogP contribution in [-0.4, -0.2) is 12.0 Å². The fourth-order valence-electron chi connectivity index (χ4n) is 5.64. The monoisotopic (exact) mass is 775 g/mol. The number of aryl methyl sites for hydroxylation is 3. The van der Waals surface area contributed by atoms with Crippen LogP contribution >= 0.6 is 24.8 Å². The van der Waals surface area contributed by atoms with Gasteiger partial charge < -0.3 is 4.90 Å². The van der Waals surface area contributed by atoms with Crippen LogP contribution in [0.1, 0.15) is 23.1 Å². The normalized spacial score (nSPS) is 11.7. The van der Waals surface area contributed by atoms with Gasteiger partial charge in [-0.25, -0.2) is 0 Å². The van der Waals surface area contributed by atoms with Crippen LogP contribution in [0.3, 0.4) is 0 Å². The summed E-state index contributed by atoms with van der Waals surface area (Å²) in [4.78, 5) is 2.49. The minimum Gasteiger partial charge on any atom is -0.350 e. The van der Waals surface area contributed by atoms with Crippen LogP contribution < -0.4 is 4.90 Å². The van der Waals surface area contributed by atoms with Gasteiger partial charge in [-0.05, 0) is 35.7 Å². The minimum atomic E-state index is 0. The zero-order valence-electron chi connectivity index (χ0n) is 24.9. The maximum absolute atomic E-state index is 2.49. The largest absolute Gasteiger partial charge is 0.350 e. The van der Waals surface area contributed by atoms with Gasteiger partial charge in [-0.15, -0.1) is 93.9 Å². The summed E-state index contributed by atoms with van der Waals surface area (Å²) in [5, 5.41) is 5.41. The molecule has 0 spiro atoms. The molecule has 214 valence electrons. The first kappa shape index (κ1) is 34.1. The standard InChI is InChI=1S/C19H18N.C16H13.C2H6Si.2ClH.Hf/c1-14-12-16-7-4-10-19(17(16)13-14)20-11-5-8-15-6-2-3-9-18(15)20;1-12-10-14-8-5-9-15(16(14)11-12)13-6-3-2-4-7-13;1-3-2;;;/h2-4,6-7,9-10,12-13H,5,8,11H2,1H3;2-11H,1H3;1-2H3;2*1H;/q2*-1;;;;+2. The Kier molecular flexibility index (Phi) is 12.9. The summed E-state index contributed by atoms with van der Waals surface area (Å²) in [5.74, 6) is 0. The molecule has 1 heterocycles. The summed E-state index contributed by atoms with van der Waals surface area (Å²) < 4.78 is 0. The quantitative estimate of drug-likeness (QED) is 0.125. The molecule has 0 saturated carbocycles. The van der Waals surface area contributed by atoms with Gasteiger partial charge in [0.1, 0.15) is 0 Å². The Hall–Kier alpha value is -2.43. The van der Waals surface area contributed by atoms with Crippen LogP contribution in [0, 0.1) is 13.8 Å². The molecule has 1 nitrogen and oxygen atoms in total. The molecule has 0 N–H and O–H groups in total. The third kappa shape index (κ3) is 8.14. The first-order valence-electron chi connectivity index (χ1n) is 14.2. The molecule has 5 heteroatoms. The summed E-state index contributed by atoms with van der Waals surface area (Å²) in [6, 6.07) is 41.6. The number of hydrogen-bond acceptors (Lipinski definition) is 1. The number of halogens is 2. The Balaban J connectivity index is 0.000000200. The van der Waals surface area contributed by atoms with E-state index in [4.69, 9.17) is 0 Å². The van der Waals surface area contributed by atoms with Crippen molar-refractivity contribution in [2.24, 2.45) is 0 Å². The zero-order chi connectivity index (χ0) is 28.1. The zero-order valence-corrected chi connectivity index (χ0v) is 31.1. The number of para-hydroxylation sites is 1. The third-order valence-corrected chi connectivity index (χ3v) is 7.25. The maximum Gasteiger partial charge on any atom is 0.0436 e. The second-order valence-corrected chi connectivity index (χ2v) is 23.7. The average Bonchev–Trinajstić information content (AvgIpc) is 3.54. The molecule has 0 aliphatic carbocycles. The molecule has 6 aromatic carbocycles. The predicted octanol–water partition coefficient (Wildman–Crippen LogP) is 11.1. The van der Waals surface area contributed by atoms with Crippen molar-refractivity contribution in [1.82, 2.24) is 0 Å². The Morgan fingerprint density at radius 2 is 1.21 bits per heavy atom. The predicted molar refractivity (Wildman–Crippen MR) is 188 cm³/mol. The van der Waals surface area contributed by atoms with E-state index in [0.717, 1.165) is 6.54 Å². The first-order chi connectivity index (χ1) is 19.4. The fourth-order valence-corrected chi connectivity index (χ4v) is 5.64.